The second-order valence-electron chi connectivity index (χ2n) is 5.20. The topological polar surface area (TPSA) is 64.4 Å². The fourth-order valence-corrected chi connectivity index (χ4v) is 2.12. The van der Waals surface area contributed by atoms with E-state index in [9.17, 15) is 4.79 Å². The van der Waals surface area contributed by atoms with Crippen LogP contribution in [0, 0.1) is 0 Å². The SMILES string of the molecule is CC(C)OCCCNC(=O)c1coc(-c2ccc(Cl)c(Cl)c2)n1. The molecule has 5 nitrogen and oxygen atoms in total. The fourth-order valence-electron chi connectivity index (χ4n) is 1.82. The number of nitrogens with zero attached hydrogens (tertiary/aromatic N) is 1. The van der Waals surface area contributed by atoms with Crippen molar-refractivity contribution in [2.24, 2.45) is 0 Å². The lowest BCUT2D eigenvalue weighted by Crippen LogP contribution is -2.25. The second-order valence-corrected chi connectivity index (χ2v) is 6.01. The molecule has 124 valence electrons. The summed E-state index contributed by atoms with van der Waals surface area (Å²) < 4.78 is 10.7. The zero-order valence-electron chi connectivity index (χ0n) is 12.9. The molecule has 0 radical (unpaired) electrons. The monoisotopic (exact) mass is 356 g/mol. The van der Waals surface area contributed by atoms with Gasteiger partial charge in [0.05, 0.1) is 16.1 Å². The maximum absolute atomic E-state index is 12.0. The van der Waals surface area contributed by atoms with E-state index in [-0.39, 0.29) is 17.7 Å². The highest BCUT2D eigenvalue weighted by Gasteiger charge is 2.13. The Kier molecular flexibility index (Phi) is 6.45. The number of rotatable bonds is 7. The van der Waals surface area contributed by atoms with Gasteiger partial charge in [-0.2, -0.15) is 0 Å². The van der Waals surface area contributed by atoms with Crippen LogP contribution in [0.3, 0.4) is 0 Å². The van der Waals surface area contributed by atoms with Crippen molar-refractivity contribution < 1.29 is 13.9 Å². The first-order valence-electron chi connectivity index (χ1n) is 7.28. The minimum atomic E-state index is -0.287. The summed E-state index contributed by atoms with van der Waals surface area (Å²) in [5.41, 5.74) is 0.875. The van der Waals surface area contributed by atoms with Gasteiger partial charge in [-0.15, -0.1) is 0 Å². The lowest BCUT2D eigenvalue weighted by atomic mass is 10.2. The summed E-state index contributed by atoms with van der Waals surface area (Å²) >= 11 is 11.8. The van der Waals surface area contributed by atoms with Crippen LogP contribution in [0.15, 0.2) is 28.9 Å². The normalized spacial score (nSPS) is 11.0. The zero-order chi connectivity index (χ0) is 16.8. The molecule has 0 aliphatic rings. The first kappa shape index (κ1) is 17.8. The van der Waals surface area contributed by atoms with Gasteiger partial charge in [-0.25, -0.2) is 4.98 Å². The van der Waals surface area contributed by atoms with Crippen molar-refractivity contribution in [3.63, 3.8) is 0 Å². The van der Waals surface area contributed by atoms with E-state index in [0.717, 1.165) is 6.42 Å². The largest absolute Gasteiger partial charge is 0.444 e. The molecule has 0 unspecified atom stereocenters. The lowest BCUT2D eigenvalue weighted by Gasteiger charge is -2.07. The number of carbonyl (C=O) groups excluding carboxylic acids is 1. The third kappa shape index (κ3) is 5.23. The maximum Gasteiger partial charge on any atom is 0.273 e. The Morgan fingerprint density at radius 2 is 2.13 bits per heavy atom. The number of carbonyl (C=O) groups is 1. The van der Waals surface area contributed by atoms with Crippen molar-refractivity contribution in [1.29, 1.82) is 0 Å². The molecule has 1 aromatic heterocycles. The van der Waals surface area contributed by atoms with Crippen LogP contribution in [0.5, 0.6) is 0 Å². The van der Waals surface area contributed by atoms with Gasteiger partial charge < -0.3 is 14.5 Å². The molecule has 1 amide bonds. The van der Waals surface area contributed by atoms with E-state index >= 15 is 0 Å². The number of aromatic nitrogens is 1. The highest BCUT2D eigenvalue weighted by molar-refractivity contribution is 6.42. The van der Waals surface area contributed by atoms with Crippen molar-refractivity contribution in [3.05, 3.63) is 40.2 Å². The highest BCUT2D eigenvalue weighted by atomic mass is 35.5. The molecule has 0 aliphatic heterocycles. The number of ether oxygens (including phenoxy) is 1. The molecule has 2 aromatic rings. The number of hydrogen-bond acceptors (Lipinski definition) is 4. The van der Waals surface area contributed by atoms with Gasteiger partial charge in [0, 0.05) is 18.7 Å². The summed E-state index contributed by atoms with van der Waals surface area (Å²) in [6.45, 7) is 5.06. The molecule has 0 saturated heterocycles. The molecule has 0 spiro atoms. The van der Waals surface area contributed by atoms with Crippen LogP contribution >= 0.6 is 23.2 Å². The third-order valence-corrected chi connectivity index (χ3v) is 3.70. The number of benzene rings is 1. The molecular weight excluding hydrogens is 339 g/mol. The average molecular weight is 357 g/mol. The Labute approximate surface area is 144 Å². The number of nitrogens with one attached hydrogen (secondary N) is 1. The minimum absolute atomic E-state index is 0.190. The van der Waals surface area contributed by atoms with Crippen LogP contribution in [-0.4, -0.2) is 30.1 Å². The summed E-state index contributed by atoms with van der Waals surface area (Å²) in [7, 11) is 0. The Morgan fingerprint density at radius 1 is 1.35 bits per heavy atom. The lowest BCUT2D eigenvalue weighted by molar-refractivity contribution is 0.0756. The zero-order valence-corrected chi connectivity index (χ0v) is 14.4. The van der Waals surface area contributed by atoms with E-state index in [1.54, 1.807) is 18.2 Å². The molecule has 0 atom stereocenters. The smallest absolute Gasteiger partial charge is 0.273 e. The van der Waals surface area contributed by atoms with Crippen LogP contribution in [0.25, 0.3) is 11.5 Å². The Morgan fingerprint density at radius 3 is 2.83 bits per heavy atom. The summed E-state index contributed by atoms with van der Waals surface area (Å²) in [6.07, 6.45) is 2.24. The van der Waals surface area contributed by atoms with Crippen molar-refractivity contribution in [3.8, 4) is 11.5 Å². The van der Waals surface area contributed by atoms with Crippen LogP contribution in [-0.2, 0) is 4.74 Å². The van der Waals surface area contributed by atoms with Gasteiger partial charge in [-0.1, -0.05) is 23.2 Å². The van der Waals surface area contributed by atoms with Gasteiger partial charge in [0.15, 0.2) is 5.69 Å². The standard InChI is InChI=1S/C16H18Cl2N2O3/c1-10(2)22-7-3-6-19-15(21)14-9-23-16(20-14)11-4-5-12(17)13(18)8-11/h4-5,8-10H,3,6-7H2,1-2H3,(H,19,21). The molecule has 1 N–H and O–H groups in total. The first-order valence-corrected chi connectivity index (χ1v) is 8.03. The minimum Gasteiger partial charge on any atom is -0.444 e. The third-order valence-electron chi connectivity index (χ3n) is 2.96. The van der Waals surface area contributed by atoms with E-state index < -0.39 is 0 Å². The number of halogens is 2. The number of amides is 1. The molecule has 0 bridgehead atoms. The van der Waals surface area contributed by atoms with Crippen molar-refractivity contribution >= 4 is 29.1 Å². The predicted octanol–water partition coefficient (Wildman–Crippen LogP) is 4.19. The summed E-state index contributed by atoms with van der Waals surface area (Å²) in [6, 6.07) is 5.02. The molecule has 0 fully saturated rings. The van der Waals surface area contributed by atoms with Crippen LogP contribution in [0.2, 0.25) is 10.0 Å². The van der Waals surface area contributed by atoms with Crippen molar-refractivity contribution in [2.75, 3.05) is 13.2 Å². The van der Waals surface area contributed by atoms with Crippen LogP contribution in [0.4, 0.5) is 0 Å². The molecule has 1 heterocycles. The van der Waals surface area contributed by atoms with Crippen LogP contribution < -0.4 is 5.32 Å². The summed E-state index contributed by atoms with van der Waals surface area (Å²) in [4.78, 5) is 16.2. The first-order chi connectivity index (χ1) is 11.0. The fraction of sp³-hybridized carbons (Fsp3) is 0.375. The van der Waals surface area contributed by atoms with Crippen LogP contribution in [0.1, 0.15) is 30.8 Å². The molecule has 23 heavy (non-hydrogen) atoms. The number of hydrogen-bond donors (Lipinski definition) is 1. The average Bonchev–Trinajstić information content (AvgIpc) is 2.99. The summed E-state index contributed by atoms with van der Waals surface area (Å²) in [5.74, 6) is 0.0291. The van der Waals surface area contributed by atoms with E-state index in [4.69, 9.17) is 32.4 Å². The second kappa shape index (κ2) is 8.34. The van der Waals surface area contributed by atoms with E-state index in [1.807, 2.05) is 13.8 Å². The number of oxazole rings is 1. The Balaban J connectivity index is 1.90. The molecule has 7 heteroatoms. The van der Waals surface area contributed by atoms with Gasteiger partial charge >= 0.3 is 0 Å². The molecule has 2 rings (SSSR count). The molecule has 0 saturated carbocycles. The Hall–Kier alpha value is -1.56. The van der Waals surface area contributed by atoms with Crippen molar-refractivity contribution in [1.82, 2.24) is 10.3 Å². The van der Waals surface area contributed by atoms with Gasteiger partial charge in [-0.05, 0) is 38.5 Å². The van der Waals surface area contributed by atoms with Gasteiger partial charge in [0.25, 0.3) is 5.91 Å². The summed E-state index contributed by atoms with van der Waals surface area (Å²) in [5, 5.41) is 3.62. The van der Waals surface area contributed by atoms with E-state index in [0.29, 0.717) is 34.7 Å². The predicted molar refractivity (Wildman–Crippen MR) is 90.0 cm³/mol. The van der Waals surface area contributed by atoms with E-state index in [2.05, 4.69) is 10.3 Å². The van der Waals surface area contributed by atoms with Gasteiger partial charge in [0.1, 0.15) is 6.26 Å². The van der Waals surface area contributed by atoms with E-state index in [1.165, 1.54) is 6.26 Å². The van der Waals surface area contributed by atoms with Gasteiger partial charge in [-0.3, -0.25) is 4.79 Å². The maximum atomic E-state index is 12.0. The quantitative estimate of drug-likeness (QED) is 0.755. The molecule has 1 aromatic carbocycles. The highest BCUT2D eigenvalue weighted by Crippen LogP contribution is 2.28. The van der Waals surface area contributed by atoms with Gasteiger partial charge in [0.2, 0.25) is 5.89 Å². The molecule has 0 aliphatic carbocycles. The molecular formula is C16H18Cl2N2O3. The van der Waals surface area contributed by atoms with Crippen molar-refractivity contribution in [2.45, 2.75) is 26.4 Å². The Bertz CT molecular complexity index is 671.